The van der Waals surface area contributed by atoms with E-state index in [-0.39, 0.29) is 99.3 Å². The fourth-order valence-electron chi connectivity index (χ4n) is 10.1. The third kappa shape index (κ3) is 21.1. The van der Waals surface area contributed by atoms with Gasteiger partial charge in [-0.15, -0.1) is 0 Å². The van der Waals surface area contributed by atoms with Crippen molar-refractivity contribution in [3.63, 3.8) is 0 Å². The summed E-state index contributed by atoms with van der Waals surface area (Å²) >= 11 is 0. The summed E-state index contributed by atoms with van der Waals surface area (Å²) in [6.07, 6.45) is 9.84. The number of fused-ring (bicyclic) bond motifs is 1. The molecule has 87 heavy (non-hydrogen) atoms. The Labute approximate surface area is 506 Å². The van der Waals surface area contributed by atoms with Crippen LogP contribution in [0.15, 0.2) is 89.2 Å². The molecule has 3 atom stereocenters. The minimum absolute atomic E-state index is 0.0213. The number of urea groups is 1. The van der Waals surface area contributed by atoms with Gasteiger partial charge in [-0.2, -0.15) is 5.11 Å². The first-order valence-electron chi connectivity index (χ1n) is 29.8. The first-order chi connectivity index (χ1) is 42.0. The van der Waals surface area contributed by atoms with Gasteiger partial charge in [-0.25, -0.2) is 14.7 Å². The van der Waals surface area contributed by atoms with E-state index < -0.39 is 41.7 Å². The molecule has 0 radical (unpaired) electrons. The van der Waals surface area contributed by atoms with Gasteiger partial charge in [0.2, 0.25) is 17.7 Å². The number of pyridine rings is 3. The van der Waals surface area contributed by atoms with Gasteiger partial charge in [0.05, 0.1) is 70.1 Å². The van der Waals surface area contributed by atoms with E-state index in [1.165, 1.54) is 11.0 Å². The van der Waals surface area contributed by atoms with Crippen molar-refractivity contribution in [3.05, 3.63) is 118 Å². The van der Waals surface area contributed by atoms with E-state index in [0.29, 0.717) is 68.6 Å². The predicted molar refractivity (Wildman–Crippen MR) is 325 cm³/mol. The van der Waals surface area contributed by atoms with Crippen LogP contribution in [-0.4, -0.2) is 165 Å². The second-order valence-corrected chi connectivity index (χ2v) is 22.3. The maximum absolute atomic E-state index is 16.1. The molecule has 3 aromatic heterocycles. The number of amides is 6. The smallest absolute Gasteiger partial charge is 0.312 e. The van der Waals surface area contributed by atoms with E-state index >= 15 is 4.39 Å². The van der Waals surface area contributed by atoms with Crippen molar-refractivity contribution in [2.45, 2.75) is 110 Å². The Morgan fingerprint density at radius 3 is 2.30 bits per heavy atom. The van der Waals surface area contributed by atoms with Crippen LogP contribution in [0.3, 0.4) is 0 Å². The summed E-state index contributed by atoms with van der Waals surface area (Å²) in [7, 11) is 1.58. The summed E-state index contributed by atoms with van der Waals surface area (Å²) in [4.78, 5) is 94.3. The summed E-state index contributed by atoms with van der Waals surface area (Å²) in [6.45, 7) is 12.0. The number of aromatic nitrogens is 3. The fraction of sp³-hybridized carbons (Fsp3) is 0.516. The van der Waals surface area contributed by atoms with Crippen molar-refractivity contribution in [2.75, 3.05) is 103 Å². The molecule has 0 spiro atoms. The number of halogens is 1. The van der Waals surface area contributed by atoms with Gasteiger partial charge in [-0.05, 0) is 118 Å². The number of nitrogens with zero attached hydrogens (tertiary/aromatic N) is 7. The van der Waals surface area contributed by atoms with Crippen LogP contribution < -0.4 is 46.8 Å². The molecule has 1 aliphatic carbocycles. The maximum atomic E-state index is 16.1. The Bertz CT molecular complexity index is 3150. The predicted octanol–water partition coefficient (Wildman–Crippen LogP) is 5.95. The van der Waals surface area contributed by atoms with Crippen LogP contribution in [0.25, 0.3) is 10.9 Å². The lowest BCUT2D eigenvalue weighted by molar-refractivity contribution is -0.132. The zero-order chi connectivity index (χ0) is 62.2. The number of primary amides is 1. The van der Waals surface area contributed by atoms with Crippen molar-refractivity contribution in [1.82, 2.24) is 40.3 Å². The van der Waals surface area contributed by atoms with E-state index in [1.807, 2.05) is 44.6 Å². The van der Waals surface area contributed by atoms with Gasteiger partial charge in [-0.1, -0.05) is 13.8 Å². The number of hydrogen-bond donors (Lipinski definition) is 6. The Morgan fingerprint density at radius 2 is 1.61 bits per heavy atom. The highest BCUT2D eigenvalue weighted by Gasteiger charge is 2.32. The van der Waals surface area contributed by atoms with Crippen molar-refractivity contribution in [1.29, 1.82) is 5.53 Å². The zero-order valence-corrected chi connectivity index (χ0v) is 50.5. The number of carbonyl (C=O) groups is 5. The van der Waals surface area contributed by atoms with Crippen LogP contribution >= 0.6 is 0 Å². The molecule has 1 saturated heterocycles. The summed E-state index contributed by atoms with van der Waals surface area (Å²) in [5.41, 5.74) is 17.3. The maximum Gasteiger partial charge on any atom is 0.312 e. The lowest BCUT2D eigenvalue weighted by Crippen LogP contribution is -2.54. The molecule has 2 aromatic carbocycles. The van der Waals surface area contributed by atoms with Gasteiger partial charge in [0.1, 0.15) is 24.4 Å². The van der Waals surface area contributed by atoms with E-state index in [1.54, 1.807) is 51.2 Å². The van der Waals surface area contributed by atoms with Crippen molar-refractivity contribution >= 4 is 51.9 Å². The zero-order valence-electron chi connectivity index (χ0n) is 50.5. The molecule has 7 N–H and O–H groups in total. The van der Waals surface area contributed by atoms with E-state index in [4.69, 9.17) is 34.9 Å². The molecule has 2 aliphatic rings. The molecule has 4 heterocycles. The van der Waals surface area contributed by atoms with Crippen LogP contribution in [0.4, 0.5) is 20.6 Å². The number of hydrogen-bond acceptors (Lipinski definition) is 17. The standard InChI is InChI=1S/C62H84FN13O11/c1-41(2)58(72-56(77)19-25-83-28-30-85-31-29-84-26-22-69-65)61(81)71-53(9-6-20-67-62(64)82)60(80)70-46-11-16-50(17-12-46)87-40-57(78)73(5)24-27-86-55-34-54-51(33-52(55)63)59(79)45(38-76(54)47-14-15-47)37-75(36-44-18-21-66-43(4)32-44)49-8-7-23-74(39-49)48-13-10-42(3)68-35-48/h10-13,16-18,21,32-35,38,41,47,49,53,58,65H,6-9,14-15,19-20,22-31,36-37,39-40H2,1-5H3,(H,70,80)(H,71,81)(H,72,77)(H3,64,67,82)/t49-,53-,58-/m0/s1. The molecule has 7 rings (SSSR count). The third-order valence-corrected chi connectivity index (χ3v) is 15.0. The molecule has 1 aliphatic heterocycles. The number of benzene rings is 2. The van der Waals surface area contributed by atoms with Crippen LogP contribution in [0.1, 0.15) is 87.3 Å². The normalized spacial score (nSPS) is 14.8. The van der Waals surface area contributed by atoms with Gasteiger partial charge in [0.15, 0.2) is 23.6 Å². The number of nitrogens with two attached hydrogens (primary N) is 1. The Balaban J connectivity index is 0.899. The third-order valence-electron chi connectivity index (χ3n) is 15.0. The van der Waals surface area contributed by atoms with Crippen LogP contribution in [0.2, 0.25) is 0 Å². The van der Waals surface area contributed by atoms with Crippen molar-refractivity contribution < 1.29 is 52.0 Å². The highest BCUT2D eigenvalue weighted by atomic mass is 19.1. The lowest BCUT2D eigenvalue weighted by atomic mass is 10.0. The average molecular weight is 1210 g/mol. The molecular formula is C62H84FN13O11. The van der Waals surface area contributed by atoms with Gasteiger partial charge in [0, 0.05) is 105 Å². The highest BCUT2D eigenvalue weighted by molar-refractivity contribution is 5.98. The van der Waals surface area contributed by atoms with Crippen LogP contribution in [-0.2, 0) is 46.5 Å². The van der Waals surface area contributed by atoms with E-state index in [2.05, 4.69) is 62.8 Å². The molecule has 0 bridgehead atoms. The summed E-state index contributed by atoms with van der Waals surface area (Å²) in [5, 5.41) is 14.2. The van der Waals surface area contributed by atoms with Gasteiger partial charge < -0.3 is 65.1 Å². The van der Waals surface area contributed by atoms with E-state index in [9.17, 15) is 28.8 Å². The Hall–Kier alpha value is -8.13. The first kappa shape index (κ1) is 66.4. The van der Waals surface area contributed by atoms with Gasteiger partial charge in [0.25, 0.3) is 5.91 Å². The highest BCUT2D eigenvalue weighted by Crippen LogP contribution is 2.38. The second-order valence-electron chi connectivity index (χ2n) is 22.3. The summed E-state index contributed by atoms with van der Waals surface area (Å²) < 4.78 is 46.1. The van der Waals surface area contributed by atoms with Crippen LogP contribution in [0, 0.1) is 31.1 Å². The average Bonchev–Trinajstić information content (AvgIpc) is 1.95. The number of piperidine rings is 1. The number of carbonyl (C=O) groups excluding carboxylic acids is 5. The fourth-order valence-corrected chi connectivity index (χ4v) is 10.1. The molecule has 470 valence electrons. The van der Waals surface area contributed by atoms with Crippen molar-refractivity contribution in [3.8, 4) is 11.5 Å². The number of ether oxygens (including phenoxy) is 5. The monoisotopic (exact) mass is 1210 g/mol. The number of likely N-dealkylation sites (N-methyl/N-ethyl adjacent to an activating group) is 1. The summed E-state index contributed by atoms with van der Waals surface area (Å²) in [6, 6.07) is 14.8. The molecule has 5 aromatic rings. The van der Waals surface area contributed by atoms with Gasteiger partial charge >= 0.3 is 6.03 Å². The Kier molecular flexibility index (Phi) is 25.7. The molecular weight excluding hydrogens is 1120 g/mol. The Morgan fingerprint density at radius 1 is 0.862 bits per heavy atom. The quantitative estimate of drug-likeness (QED) is 0.0199. The molecule has 25 heteroatoms. The molecule has 6 amide bonds. The van der Waals surface area contributed by atoms with E-state index in [0.717, 1.165) is 61.4 Å². The topological polar surface area (TPSA) is 299 Å². The number of rotatable bonds is 36. The molecule has 1 saturated carbocycles. The largest absolute Gasteiger partial charge is 0.489 e. The first-order valence-corrected chi connectivity index (χ1v) is 29.8. The number of aryl methyl sites for hydroxylation is 2. The SMILES string of the molecule is Cc1ccc(N2CCC[C@H](N(Cc3ccnc(C)c3)Cc3cn(C4CC4)c4cc(OCCN(C)C(=O)COc5ccc(NC(=O)[C@H](CCCNC(N)=O)NC(=O)[C@@H](NC(=O)CCOCCOCCOCCN=N)C(C)C)cc5)c(F)cc4c3=O)C2)cn1. The number of nitrogens with one attached hydrogen (secondary N) is 5. The minimum Gasteiger partial charge on any atom is -0.489 e. The minimum atomic E-state index is -1.08. The summed E-state index contributed by atoms with van der Waals surface area (Å²) in [5.74, 6) is -2.68. The molecule has 0 unspecified atom stereocenters. The second kappa shape index (κ2) is 33.7. The molecule has 2 fully saturated rings. The lowest BCUT2D eigenvalue weighted by Gasteiger charge is -2.40. The van der Waals surface area contributed by atoms with Gasteiger partial charge in [-0.3, -0.25) is 38.8 Å². The van der Waals surface area contributed by atoms with Crippen molar-refractivity contribution in [2.24, 2.45) is 16.8 Å². The number of anilines is 2. The molecule has 24 nitrogen and oxygen atoms in total. The van der Waals surface area contributed by atoms with Crippen LogP contribution in [0.5, 0.6) is 11.5 Å².